The minimum Gasteiger partial charge on any atom is -0.339 e. The summed E-state index contributed by atoms with van der Waals surface area (Å²) in [5, 5.41) is 11.3. The van der Waals surface area contributed by atoms with Gasteiger partial charge in [0.15, 0.2) is 0 Å². The second-order valence-corrected chi connectivity index (χ2v) is 6.93. The topological polar surface area (TPSA) is 86.5 Å². The predicted molar refractivity (Wildman–Crippen MR) is 107 cm³/mol. The average Bonchev–Trinajstić information content (AvgIpc) is 3.20. The molecule has 0 radical (unpaired) electrons. The number of carbonyl (C=O) groups is 1. The van der Waals surface area contributed by atoms with Crippen LogP contribution < -0.4 is 5.32 Å². The first-order valence-electron chi connectivity index (χ1n) is 8.51. The monoisotopic (exact) mass is 379 g/mol. The zero-order chi connectivity index (χ0) is 19.1. The van der Waals surface area contributed by atoms with Crippen LogP contribution in [0.25, 0.3) is 22.3 Å². The van der Waals surface area contributed by atoms with Crippen molar-refractivity contribution >= 4 is 34.2 Å². The summed E-state index contributed by atoms with van der Waals surface area (Å²) in [4.78, 5) is 20.2. The van der Waals surface area contributed by atoms with E-state index < -0.39 is 0 Å². The van der Waals surface area contributed by atoms with Crippen molar-refractivity contribution < 1.29 is 4.79 Å². The molecule has 4 aromatic rings. The Morgan fingerprint density at radius 1 is 1.15 bits per heavy atom. The van der Waals surface area contributed by atoms with Crippen LogP contribution in [0.3, 0.4) is 0 Å². The SMILES string of the molecule is Cc1n[nH]c(C(=O)Nc2cnc3[nH]c(-c4cccc(Cl)c4C)cc3c2)c1C. The summed E-state index contributed by atoms with van der Waals surface area (Å²) in [6, 6.07) is 9.69. The molecule has 0 fully saturated rings. The fourth-order valence-electron chi connectivity index (χ4n) is 3.03. The van der Waals surface area contributed by atoms with Gasteiger partial charge in [0.1, 0.15) is 11.3 Å². The van der Waals surface area contributed by atoms with Gasteiger partial charge in [0.2, 0.25) is 0 Å². The lowest BCUT2D eigenvalue weighted by atomic mass is 10.1. The van der Waals surface area contributed by atoms with E-state index in [4.69, 9.17) is 11.6 Å². The number of hydrogen-bond donors (Lipinski definition) is 3. The number of pyridine rings is 1. The first-order valence-corrected chi connectivity index (χ1v) is 8.89. The molecular weight excluding hydrogens is 362 g/mol. The highest BCUT2D eigenvalue weighted by atomic mass is 35.5. The molecular formula is C20H18ClN5O. The maximum Gasteiger partial charge on any atom is 0.273 e. The highest BCUT2D eigenvalue weighted by Crippen LogP contribution is 2.30. The van der Waals surface area contributed by atoms with Crippen molar-refractivity contribution in [1.82, 2.24) is 20.2 Å². The summed E-state index contributed by atoms with van der Waals surface area (Å²) in [6.07, 6.45) is 1.63. The normalized spacial score (nSPS) is 11.1. The lowest BCUT2D eigenvalue weighted by Gasteiger charge is -2.04. The van der Waals surface area contributed by atoms with Crippen molar-refractivity contribution in [3.05, 3.63) is 64.1 Å². The molecule has 0 aliphatic heterocycles. The highest BCUT2D eigenvalue weighted by Gasteiger charge is 2.15. The highest BCUT2D eigenvalue weighted by molar-refractivity contribution is 6.31. The van der Waals surface area contributed by atoms with Crippen molar-refractivity contribution in [2.45, 2.75) is 20.8 Å². The number of benzene rings is 1. The molecule has 0 saturated carbocycles. The van der Waals surface area contributed by atoms with Crippen LogP contribution in [0, 0.1) is 20.8 Å². The molecule has 3 aromatic heterocycles. The smallest absolute Gasteiger partial charge is 0.273 e. The van der Waals surface area contributed by atoms with Crippen LogP contribution in [-0.2, 0) is 0 Å². The first kappa shape index (κ1) is 17.3. The first-order chi connectivity index (χ1) is 12.9. The number of fused-ring (bicyclic) bond motifs is 1. The second kappa shape index (κ2) is 6.55. The molecule has 3 heterocycles. The second-order valence-electron chi connectivity index (χ2n) is 6.52. The summed E-state index contributed by atoms with van der Waals surface area (Å²) in [7, 11) is 0. The number of carbonyl (C=O) groups excluding carboxylic acids is 1. The molecule has 1 aromatic carbocycles. The van der Waals surface area contributed by atoms with E-state index in [1.807, 2.05) is 51.1 Å². The summed E-state index contributed by atoms with van der Waals surface area (Å²) < 4.78 is 0. The Hall–Kier alpha value is -3.12. The standard InChI is InChI=1S/C20H18ClN5O/c1-10-12(3)25-26-18(10)20(27)23-14-7-13-8-17(24-19(13)22-9-14)15-5-4-6-16(21)11(15)2/h4-9H,1-3H3,(H,22,24)(H,23,27)(H,25,26). The van der Waals surface area contributed by atoms with Crippen LogP contribution in [0.1, 0.15) is 27.3 Å². The quantitative estimate of drug-likeness (QED) is 0.478. The molecule has 27 heavy (non-hydrogen) atoms. The zero-order valence-electron chi connectivity index (χ0n) is 15.1. The van der Waals surface area contributed by atoms with Gasteiger partial charge in [-0.15, -0.1) is 0 Å². The van der Waals surface area contributed by atoms with Crippen molar-refractivity contribution in [2.75, 3.05) is 5.32 Å². The summed E-state index contributed by atoms with van der Waals surface area (Å²) in [5.74, 6) is -0.240. The number of nitrogens with zero attached hydrogens (tertiary/aromatic N) is 2. The van der Waals surface area contributed by atoms with E-state index in [-0.39, 0.29) is 5.91 Å². The van der Waals surface area contributed by atoms with Gasteiger partial charge in [0.25, 0.3) is 5.91 Å². The van der Waals surface area contributed by atoms with E-state index in [1.165, 1.54) is 0 Å². The van der Waals surface area contributed by atoms with Gasteiger partial charge >= 0.3 is 0 Å². The van der Waals surface area contributed by atoms with Gasteiger partial charge in [-0.1, -0.05) is 23.7 Å². The molecule has 0 atom stereocenters. The van der Waals surface area contributed by atoms with E-state index in [9.17, 15) is 4.79 Å². The number of halogens is 1. The Labute approximate surface area is 161 Å². The van der Waals surface area contributed by atoms with E-state index in [1.54, 1.807) is 6.20 Å². The van der Waals surface area contributed by atoms with Gasteiger partial charge < -0.3 is 10.3 Å². The van der Waals surface area contributed by atoms with Crippen molar-refractivity contribution in [1.29, 1.82) is 0 Å². The van der Waals surface area contributed by atoms with E-state index in [0.717, 1.165) is 44.1 Å². The van der Waals surface area contributed by atoms with Crippen LogP contribution >= 0.6 is 11.6 Å². The number of H-pyrrole nitrogens is 2. The number of amides is 1. The number of hydrogen-bond acceptors (Lipinski definition) is 3. The van der Waals surface area contributed by atoms with E-state index in [2.05, 4.69) is 25.5 Å². The number of aryl methyl sites for hydroxylation is 1. The van der Waals surface area contributed by atoms with E-state index >= 15 is 0 Å². The van der Waals surface area contributed by atoms with Gasteiger partial charge in [0.05, 0.1) is 17.6 Å². The Balaban J connectivity index is 1.66. The van der Waals surface area contributed by atoms with Gasteiger partial charge in [-0.25, -0.2) is 4.98 Å². The molecule has 0 unspecified atom stereocenters. The minimum atomic E-state index is -0.240. The third kappa shape index (κ3) is 3.08. The summed E-state index contributed by atoms with van der Waals surface area (Å²) >= 11 is 6.23. The van der Waals surface area contributed by atoms with Gasteiger partial charge in [-0.05, 0) is 44.5 Å². The van der Waals surface area contributed by atoms with Gasteiger partial charge in [-0.3, -0.25) is 9.89 Å². The molecule has 0 aliphatic rings. The van der Waals surface area contributed by atoms with Crippen LogP contribution in [-0.4, -0.2) is 26.1 Å². The Bertz CT molecular complexity index is 1170. The Morgan fingerprint density at radius 2 is 1.96 bits per heavy atom. The molecule has 1 amide bonds. The maximum atomic E-state index is 12.5. The number of aromatic amines is 2. The lowest BCUT2D eigenvalue weighted by Crippen LogP contribution is -2.13. The minimum absolute atomic E-state index is 0.240. The van der Waals surface area contributed by atoms with E-state index in [0.29, 0.717) is 11.4 Å². The van der Waals surface area contributed by atoms with Crippen LogP contribution in [0.15, 0.2) is 36.5 Å². The molecule has 0 spiro atoms. The fourth-order valence-corrected chi connectivity index (χ4v) is 3.21. The average molecular weight is 380 g/mol. The largest absolute Gasteiger partial charge is 0.339 e. The van der Waals surface area contributed by atoms with Crippen molar-refractivity contribution in [3.8, 4) is 11.3 Å². The molecule has 0 saturated heterocycles. The predicted octanol–water partition coefficient (Wildman–Crippen LogP) is 4.78. The zero-order valence-corrected chi connectivity index (χ0v) is 15.9. The maximum absolute atomic E-state index is 12.5. The van der Waals surface area contributed by atoms with Crippen LogP contribution in [0.4, 0.5) is 5.69 Å². The molecule has 7 heteroatoms. The summed E-state index contributed by atoms with van der Waals surface area (Å²) in [6.45, 7) is 5.70. The fraction of sp³-hybridized carbons (Fsp3) is 0.150. The third-order valence-electron chi connectivity index (χ3n) is 4.77. The molecule has 6 nitrogen and oxygen atoms in total. The molecule has 4 rings (SSSR count). The number of aromatic nitrogens is 4. The third-order valence-corrected chi connectivity index (χ3v) is 5.18. The number of nitrogens with one attached hydrogen (secondary N) is 3. The van der Waals surface area contributed by atoms with Crippen LogP contribution in [0.5, 0.6) is 0 Å². The Kier molecular flexibility index (Phi) is 4.20. The van der Waals surface area contributed by atoms with Gasteiger partial charge in [-0.2, -0.15) is 5.10 Å². The molecule has 0 bridgehead atoms. The van der Waals surface area contributed by atoms with Crippen LogP contribution in [0.2, 0.25) is 5.02 Å². The van der Waals surface area contributed by atoms with Crippen molar-refractivity contribution in [2.24, 2.45) is 0 Å². The van der Waals surface area contributed by atoms with Crippen molar-refractivity contribution in [3.63, 3.8) is 0 Å². The van der Waals surface area contributed by atoms with Gasteiger partial charge in [0, 0.05) is 27.2 Å². The Morgan fingerprint density at radius 3 is 2.70 bits per heavy atom. The molecule has 0 aliphatic carbocycles. The summed E-state index contributed by atoms with van der Waals surface area (Å²) in [5.41, 5.74) is 6.42. The number of anilines is 1. The molecule has 3 N–H and O–H groups in total. The molecule has 136 valence electrons. The number of rotatable bonds is 3. The lowest BCUT2D eigenvalue weighted by molar-refractivity contribution is 0.102.